The van der Waals surface area contributed by atoms with E-state index in [9.17, 15) is 4.79 Å². The van der Waals surface area contributed by atoms with E-state index in [0.717, 1.165) is 21.5 Å². The summed E-state index contributed by atoms with van der Waals surface area (Å²) in [6.07, 6.45) is -1.30. The molecule has 4 aromatic carbocycles. The standard InChI is InChI=1S/C33H31O5P/c34-31(38-30-23-37-32-29(22-36-33(30)32)35-21-25-13-5-1-6-14-25)24-39(26-15-7-2-8-16-26,27-17-9-3-10-18-27)28-19-11-4-12-20-28/h1-20,24,29-30,32-33H,21-23H2/t29-,30+,32+,33+/m0/s1. The monoisotopic (exact) mass is 538 g/mol. The molecule has 39 heavy (non-hydrogen) atoms. The van der Waals surface area contributed by atoms with E-state index < -0.39 is 13.0 Å². The molecule has 5 nitrogen and oxygen atoms in total. The molecule has 0 spiro atoms. The van der Waals surface area contributed by atoms with Crippen LogP contribution in [0.2, 0.25) is 0 Å². The molecule has 198 valence electrons. The first-order valence-electron chi connectivity index (χ1n) is 13.2. The lowest BCUT2D eigenvalue weighted by molar-refractivity contribution is -0.144. The zero-order valence-corrected chi connectivity index (χ0v) is 22.4. The van der Waals surface area contributed by atoms with E-state index in [1.807, 2.05) is 84.9 Å². The van der Waals surface area contributed by atoms with Crippen LogP contribution >= 0.6 is 6.89 Å². The Morgan fingerprint density at radius 2 is 1.10 bits per heavy atom. The third-order valence-electron chi connectivity index (χ3n) is 7.33. The van der Waals surface area contributed by atoms with Crippen LogP contribution < -0.4 is 15.9 Å². The summed E-state index contributed by atoms with van der Waals surface area (Å²) in [4.78, 5) is 13.7. The summed E-state index contributed by atoms with van der Waals surface area (Å²) in [6.45, 7) is -1.28. The van der Waals surface area contributed by atoms with Gasteiger partial charge in [0.15, 0.2) is 6.10 Å². The van der Waals surface area contributed by atoms with Crippen LogP contribution in [0.5, 0.6) is 0 Å². The van der Waals surface area contributed by atoms with Crippen molar-refractivity contribution in [1.82, 2.24) is 0 Å². The minimum atomic E-state index is -2.46. The van der Waals surface area contributed by atoms with Crippen molar-refractivity contribution in [2.45, 2.75) is 31.0 Å². The zero-order valence-electron chi connectivity index (χ0n) is 21.5. The second-order valence-electron chi connectivity index (χ2n) is 9.76. The van der Waals surface area contributed by atoms with Crippen LogP contribution in [0, 0.1) is 0 Å². The first-order valence-corrected chi connectivity index (χ1v) is 15.1. The molecule has 6 rings (SSSR count). The van der Waals surface area contributed by atoms with Crippen LogP contribution in [-0.2, 0) is 30.3 Å². The Kier molecular flexibility index (Phi) is 7.76. The van der Waals surface area contributed by atoms with Gasteiger partial charge in [0.1, 0.15) is 18.3 Å². The Balaban J connectivity index is 1.27. The number of rotatable bonds is 8. The van der Waals surface area contributed by atoms with E-state index in [4.69, 9.17) is 18.9 Å². The molecule has 0 amide bonds. The van der Waals surface area contributed by atoms with Crippen molar-refractivity contribution >= 4 is 34.6 Å². The van der Waals surface area contributed by atoms with Gasteiger partial charge in [0.05, 0.1) is 19.8 Å². The van der Waals surface area contributed by atoms with Crippen LogP contribution in [0.4, 0.5) is 0 Å². The minimum Gasteiger partial charge on any atom is -0.454 e. The van der Waals surface area contributed by atoms with E-state index >= 15 is 0 Å². The Hall–Kier alpha value is -3.47. The van der Waals surface area contributed by atoms with Gasteiger partial charge in [-0.1, -0.05) is 121 Å². The molecular weight excluding hydrogens is 507 g/mol. The van der Waals surface area contributed by atoms with Crippen LogP contribution in [0.1, 0.15) is 5.56 Å². The average Bonchev–Trinajstić information content (AvgIpc) is 3.59. The van der Waals surface area contributed by atoms with E-state index in [1.165, 1.54) is 0 Å². The number of hydrogen-bond donors (Lipinski definition) is 0. The number of fused-ring (bicyclic) bond motifs is 1. The zero-order chi connectivity index (χ0) is 26.5. The first-order chi connectivity index (χ1) is 19.2. The van der Waals surface area contributed by atoms with Gasteiger partial charge in [-0.2, -0.15) is 0 Å². The predicted octanol–water partition coefficient (Wildman–Crippen LogP) is 4.08. The molecule has 0 N–H and O–H groups in total. The number of carbonyl (C=O) groups is 1. The van der Waals surface area contributed by atoms with Crippen molar-refractivity contribution in [3.8, 4) is 0 Å². The van der Waals surface area contributed by atoms with Crippen LogP contribution in [0.3, 0.4) is 0 Å². The predicted molar refractivity (Wildman–Crippen MR) is 156 cm³/mol. The molecule has 2 aliphatic heterocycles. The fraction of sp³-hybridized carbons (Fsp3) is 0.212. The SMILES string of the molecule is O=C(C=P(c1ccccc1)(c1ccccc1)c1ccccc1)O[C@@H]1CO[C@H]2[C@@H]1OC[C@@H]2OCc1ccccc1. The number of benzene rings is 4. The van der Waals surface area contributed by atoms with Crippen molar-refractivity contribution in [1.29, 1.82) is 0 Å². The molecular formula is C33H31O5P. The van der Waals surface area contributed by atoms with Crippen molar-refractivity contribution in [2.75, 3.05) is 13.2 Å². The molecule has 2 heterocycles. The third-order valence-corrected chi connectivity index (χ3v) is 11.3. The third kappa shape index (κ3) is 5.36. The molecule has 0 aliphatic carbocycles. The van der Waals surface area contributed by atoms with E-state index in [1.54, 1.807) is 5.80 Å². The van der Waals surface area contributed by atoms with E-state index in [2.05, 4.69) is 36.4 Å². The number of carbonyl (C=O) groups excluding carboxylic acids is 1. The summed E-state index contributed by atoms with van der Waals surface area (Å²) in [6, 6.07) is 40.7. The summed E-state index contributed by atoms with van der Waals surface area (Å²) in [7, 11) is 0. The number of ether oxygens (including phenoxy) is 4. The van der Waals surface area contributed by atoms with Gasteiger partial charge in [0.2, 0.25) is 0 Å². The topological polar surface area (TPSA) is 54.0 Å². The molecule has 0 saturated carbocycles. The Morgan fingerprint density at radius 3 is 1.62 bits per heavy atom. The smallest absolute Gasteiger partial charge is 0.332 e. The van der Waals surface area contributed by atoms with Crippen molar-refractivity contribution in [2.24, 2.45) is 0 Å². The summed E-state index contributed by atoms with van der Waals surface area (Å²) in [5.74, 6) is 1.44. The summed E-state index contributed by atoms with van der Waals surface area (Å²) < 4.78 is 24.3. The van der Waals surface area contributed by atoms with Gasteiger partial charge in [-0.05, 0) is 28.4 Å². The van der Waals surface area contributed by atoms with E-state index in [0.29, 0.717) is 13.2 Å². The van der Waals surface area contributed by atoms with Crippen LogP contribution in [0.25, 0.3) is 0 Å². The van der Waals surface area contributed by atoms with Gasteiger partial charge in [-0.25, -0.2) is 4.79 Å². The van der Waals surface area contributed by atoms with Crippen LogP contribution in [0.15, 0.2) is 121 Å². The molecule has 0 aromatic heterocycles. The van der Waals surface area contributed by atoms with Crippen molar-refractivity contribution in [3.63, 3.8) is 0 Å². The molecule has 2 fully saturated rings. The quantitative estimate of drug-likeness (QED) is 0.250. The highest BCUT2D eigenvalue weighted by molar-refractivity contribution is 7.95. The second kappa shape index (κ2) is 11.7. The summed E-state index contributed by atoms with van der Waals surface area (Å²) >= 11 is 0. The second-order valence-corrected chi connectivity index (χ2v) is 13.0. The normalized spacial score (nSPS) is 22.3. The molecule has 0 radical (unpaired) electrons. The Labute approximate surface area is 229 Å². The average molecular weight is 539 g/mol. The number of hydrogen-bond acceptors (Lipinski definition) is 5. The minimum absolute atomic E-state index is 0.201. The first kappa shape index (κ1) is 25.8. The molecule has 0 bridgehead atoms. The van der Waals surface area contributed by atoms with Gasteiger partial charge in [0, 0.05) is 5.80 Å². The van der Waals surface area contributed by atoms with E-state index in [-0.39, 0.29) is 30.9 Å². The maximum absolute atomic E-state index is 13.7. The van der Waals surface area contributed by atoms with Gasteiger partial charge < -0.3 is 18.9 Å². The summed E-state index contributed by atoms with van der Waals surface area (Å²) in [5.41, 5.74) is 1.10. The van der Waals surface area contributed by atoms with Gasteiger partial charge in [-0.15, -0.1) is 0 Å². The van der Waals surface area contributed by atoms with Crippen molar-refractivity contribution < 1.29 is 23.7 Å². The number of esters is 1. The fourth-order valence-electron chi connectivity index (χ4n) is 5.45. The maximum atomic E-state index is 13.7. The molecule has 0 unspecified atom stereocenters. The molecule has 2 saturated heterocycles. The lowest BCUT2D eigenvalue weighted by atomic mass is 10.1. The molecule has 4 aromatic rings. The fourth-order valence-corrected chi connectivity index (χ4v) is 9.09. The Bertz CT molecular complexity index is 1320. The van der Waals surface area contributed by atoms with Gasteiger partial charge >= 0.3 is 5.97 Å². The maximum Gasteiger partial charge on any atom is 0.332 e. The lowest BCUT2D eigenvalue weighted by Gasteiger charge is -2.28. The molecule has 6 heteroatoms. The highest BCUT2D eigenvalue weighted by atomic mass is 31.2. The van der Waals surface area contributed by atoms with Crippen LogP contribution in [-0.4, -0.2) is 49.4 Å². The molecule has 4 atom stereocenters. The molecule has 2 aliphatic rings. The van der Waals surface area contributed by atoms with Crippen molar-refractivity contribution in [3.05, 3.63) is 127 Å². The van der Waals surface area contributed by atoms with Gasteiger partial charge in [-0.3, -0.25) is 0 Å². The van der Waals surface area contributed by atoms with Gasteiger partial charge in [0.25, 0.3) is 0 Å². The highest BCUT2D eigenvalue weighted by Gasteiger charge is 2.50. The Morgan fingerprint density at radius 1 is 0.667 bits per heavy atom. The lowest BCUT2D eigenvalue weighted by Crippen LogP contribution is -2.36. The highest BCUT2D eigenvalue weighted by Crippen LogP contribution is 2.43. The summed E-state index contributed by atoms with van der Waals surface area (Å²) in [5, 5.41) is 3.27. The largest absolute Gasteiger partial charge is 0.454 e.